The molecule has 0 unspecified atom stereocenters. The molecule has 0 N–H and O–H groups in total. The van der Waals surface area contributed by atoms with Crippen LogP contribution in [0.5, 0.6) is 0 Å². The van der Waals surface area contributed by atoms with Gasteiger partial charge in [-0.2, -0.15) is 0 Å². The third kappa shape index (κ3) is 3.46. The van der Waals surface area contributed by atoms with E-state index in [0.29, 0.717) is 5.92 Å². The van der Waals surface area contributed by atoms with Crippen LogP contribution in [0.2, 0.25) is 0 Å². The van der Waals surface area contributed by atoms with Gasteiger partial charge in [0.2, 0.25) is 0 Å². The van der Waals surface area contributed by atoms with Crippen molar-refractivity contribution in [3.05, 3.63) is 40.5 Å². The summed E-state index contributed by atoms with van der Waals surface area (Å²) in [5.41, 5.74) is 5.94. The van der Waals surface area contributed by atoms with Crippen molar-refractivity contribution in [1.29, 1.82) is 0 Å². The SMILES string of the molecule is Cc1ccc(C(C)C)c2c1CC=C2.[Cl][Zr][Cl]. The van der Waals surface area contributed by atoms with Gasteiger partial charge in [0.1, 0.15) is 0 Å². The predicted molar refractivity (Wildman–Crippen MR) is 69.7 cm³/mol. The molecule has 0 aromatic heterocycles. The molecule has 0 aliphatic heterocycles. The fourth-order valence-electron chi connectivity index (χ4n) is 2.06. The molecule has 0 nitrogen and oxygen atoms in total. The molecule has 0 fully saturated rings. The van der Waals surface area contributed by atoms with E-state index in [1.165, 1.54) is 22.3 Å². The molecule has 1 aromatic carbocycles. The van der Waals surface area contributed by atoms with Gasteiger partial charge in [0.05, 0.1) is 0 Å². The number of benzene rings is 1. The van der Waals surface area contributed by atoms with Crippen molar-refractivity contribution in [1.82, 2.24) is 0 Å². The number of fused-ring (bicyclic) bond motifs is 1. The molecule has 0 spiro atoms. The Kier molecular flexibility index (Phi) is 6.33. The third-order valence-corrected chi connectivity index (χ3v) is 2.85. The zero-order chi connectivity index (χ0) is 12.1. The van der Waals surface area contributed by atoms with Gasteiger partial charge in [0.25, 0.3) is 0 Å². The first-order valence-corrected chi connectivity index (χ1v) is 11.7. The average molecular weight is 334 g/mol. The maximum atomic E-state index is 4.93. The Bertz CT molecular complexity index is 384. The molecule has 0 radical (unpaired) electrons. The second-order valence-electron chi connectivity index (χ2n) is 4.20. The zero-order valence-electron chi connectivity index (χ0n) is 9.85. The van der Waals surface area contributed by atoms with E-state index in [-0.39, 0.29) is 0 Å². The molecule has 2 rings (SSSR count). The first-order valence-electron chi connectivity index (χ1n) is 5.37. The Hall–Kier alpha value is 0.423. The van der Waals surface area contributed by atoms with Crippen molar-refractivity contribution in [2.45, 2.75) is 33.1 Å². The molecule has 3 heteroatoms. The number of aryl methyl sites for hydroxylation is 1. The van der Waals surface area contributed by atoms with Gasteiger partial charge in [-0.15, -0.1) is 0 Å². The standard InChI is InChI=1S/C13H16.2ClH.Zr/c1-9(2)11-8-7-10(3)12-5-4-6-13(11)12;;;/h4,6-9H,5H2,1-3H3;2*1H;/q;;;+2/p-2. The van der Waals surface area contributed by atoms with Crippen LogP contribution >= 0.6 is 17.0 Å². The summed E-state index contributed by atoms with van der Waals surface area (Å²) in [5.74, 6) is 0.636. The normalized spacial score (nSPS) is 12.1. The van der Waals surface area contributed by atoms with E-state index in [4.69, 9.17) is 17.0 Å². The van der Waals surface area contributed by atoms with Crippen LogP contribution in [-0.2, 0) is 27.3 Å². The molecule has 0 atom stereocenters. The van der Waals surface area contributed by atoms with Gasteiger partial charge in [-0.05, 0) is 41.5 Å². The van der Waals surface area contributed by atoms with E-state index < -0.39 is 20.8 Å². The minimum atomic E-state index is -0.826. The predicted octanol–water partition coefficient (Wildman–Crippen LogP) is 5.06. The fourth-order valence-corrected chi connectivity index (χ4v) is 2.06. The van der Waals surface area contributed by atoms with Gasteiger partial charge in [-0.1, -0.05) is 38.1 Å². The third-order valence-electron chi connectivity index (χ3n) is 2.85. The van der Waals surface area contributed by atoms with Crippen LogP contribution in [0.1, 0.15) is 42.0 Å². The van der Waals surface area contributed by atoms with Crippen LogP contribution < -0.4 is 0 Å². The van der Waals surface area contributed by atoms with Crippen molar-refractivity contribution in [2.75, 3.05) is 0 Å². The summed E-state index contributed by atoms with van der Waals surface area (Å²) >= 11 is -0.826. The van der Waals surface area contributed by atoms with Crippen LogP contribution in [0.15, 0.2) is 18.2 Å². The van der Waals surface area contributed by atoms with E-state index in [2.05, 4.69) is 45.1 Å². The van der Waals surface area contributed by atoms with E-state index in [0.717, 1.165) is 6.42 Å². The molecule has 0 saturated heterocycles. The van der Waals surface area contributed by atoms with Gasteiger partial charge >= 0.3 is 37.9 Å². The molecule has 0 amide bonds. The zero-order valence-corrected chi connectivity index (χ0v) is 13.8. The monoisotopic (exact) mass is 332 g/mol. The molecule has 16 heavy (non-hydrogen) atoms. The van der Waals surface area contributed by atoms with E-state index in [9.17, 15) is 0 Å². The van der Waals surface area contributed by atoms with Gasteiger partial charge in [0, 0.05) is 0 Å². The maximum absolute atomic E-state index is 4.93. The number of rotatable bonds is 1. The molecule has 0 heterocycles. The molecule has 0 bridgehead atoms. The Morgan fingerprint density at radius 3 is 2.44 bits per heavy atom. The first-order chi connectivity index (χ1) is 7.61. The number of hydrogen-bond donors (Lipinski definition) is 0. The van der Waals surface area contributed by atoms with Crippen LogP contribution in [0, 0.1) is 6.92 Å². The molecule has 1 aliphatic rings. The summed E-state index contributed by atoms with van der Waals surface area (Å²) in [7, 11) is 9.87. The average Bonchev–Trinajstić information content (AvgIpc) is 2.68. The molecule has 86 valence electrons. The summed E-state index contributed by atoms with van der Waals surface area (Å²) < 4.78 is 0. The summed E-state index contributed by atoms with van der Waals surface area (Å²) in [6.07, 6.45) is 5.67. The Balaban J connectivity index is 0.000000386. The van der Waals surface area contributed by atoms with Crippen LogP contribution in [0.3, 0.4) is 0 Å². The van der Waals surface area contributed by atoms with Crippen LogP contribution in [0.25, 0.3) is 6.08 Å². The summed E-state index contributed by atoms with van der Waals surface area (Å²) in [5, 5.41) is 0. The van der Waals surface area contributed by atoms with Crippen molar-refractivity contribution in [3.8, 4) is 0 Å². The molecular formula is C13H16Cl2Zr. The van der Waals surface area contributed by atoms with Crippen molar-refractivity contribution in [3.63, 3.8) is 0 Å². The van der Waals surface area contributed by atoms with Gasteiger partial charge in [0.15, 0.2) is 0 Å². The van der Waals surface area contributed by atoms with Crippen molar-refractivity contribution < 1.29 is 20.8 Å². The number of allylic oxidation sites excluding steroid dienone is 1. The Labute approximate surface area is 117 Å². The molecule has 0 saturated carbocycles. The summed E-state index contributed by atoms with van der Waals surface area (Å²) in [4.78, 5) is 0. The molecule has 1 aliphatic carbocycles. The second-order valence-corrected chi connectivity index (χ2v) is 7.93. The quantitative estimate of drug-likeness (QED) is 0.673. The molecule has 1 aromatic rings. The van der Waals surface area contributed by atoms with Crippen molar-refractivity contribution in [2.24, 2.45) is 0 Å². The van der Waals surface area contributed by atoms with E-state index in [1.807, 2.05) is 0 Å². The number of hydrogen-bond acceptors (Lipinski definition) is 0. The topological polar surface area (TPSA) is 0 Å². The van der Waals surface area contributed by atoms with Gasteiger partial charge in [-0.3, -0.25) is 0 Å². The summed E-state index contributed by atoms with van der Waals surface area (Å²) in [6, 6.07) is 4.52. The van der Waals surface area contributed by atoms with Crippen molar-refractivity contribution >= 4 is 23.1 Å². The fraction of sp³-hybridized carbons (Fsp3) is 0.385. The van der Waals surface area contributed by atoms with E-state index in [1.54, 1.807) is 0 Å². The minimum absolute atomic E-state index is 0.636. The Morgan fingerprint density at radius 2 is 1.88 bits per heavy atom. The van der Waals surface area contributed by atoms with Crippen LogP contribution in [0.4, 0.5) is 0 Å². The number of halogens is 2. The van der Waals surface area contributed by atoms with Crippen LogP contribution in [-0.4, -0.2) is 0 Å². The second kappa shape index (κ2) is 6.99. The van der Waals surface area contributed by atoms with E-state index >= 15 is 0 Å². The molecular weight excluding hydrogens is 318 g/mol. The van der Waals surface area contributed by atoms with Gasteiger partial charge in [-0.25, -0.2) is 0 Å². The summed E-state index contributed by atoms with van der Waals surface area (Å²) in [6.45, 7) is 6.73. The first kappa shape index (κ1) is 14.5. The Morgan fingerprint density at radius 1 is 1.25 bits per heavy atom. The van der Waals surface area contributed by atoms with Gasteiger partial charge < -0.3 is 0 Å².